The standard InChI is InChI=1S/C22H35NO/c1-17(2)20(13-12-19-10-6-4-7-11-19)16-22(21(24)18(3)23)14-8-5-9-15-22/h4,6-7,10-13,17-18,20-21,24H,5,8-9,14-16,23H2,1-3H3/b13-12+/t18-,20-,21+/m0/s1. The van der Waals surface area contributed by atoms with Crippen LogP contribution in [0.3, 0.4) is 0 Å². The van der Waals surface area contributed by atoms with E-state index in [0.717, 1.165) is 19.3 Å². The topological polar surface area (TPSA) is 46.2 Å². The Morgan fingerprint density at radius 1 is 1.08 bits per heavy atom. The Bertz CT molecular complexity index is 500. The molecule has 0 heterocycles. The van der Waals surface area contributed by atoms with Crippen LogP contribution in [0.4, 0.5) is 0 Å². The zero-order valence-corrected chi connectivity index (χ0v) is 15.6. The summed E-state index contributed by atoms with van der Waals surface area (Å²) >= 11 is 0. The van der Waals surface area contributed by atoms with Crippen LogP contribution in [-0.2, 0) is 0 Å². The second-order valence-electron chi connectivity index (χ2n) is 8.11. The van der Waals surface area contributed by atoms with Gasteiger partial charge in [0.15, 0.2) is 0 Å². The first-order valence-corrected chi connectivity index (χ1v) is 9.61. The van der Waals surface area contributed by atoms with Crippen LogP contribution in [0.2, 0.25) is 0 Å². The molecule has 0 amide bonds. The van der Waals surface area contributed by atoms with E-state index < -0.39 is 6.10 Å². The minimum atomic E-state index is -0.399. The number of nitrogens with two attached hydrogens (primary N) is 1. The molecule has 1 fully saturated rings. The lowest BCUT2D eigenvalue weighted by molar-refractivity contribution is -0.0328. The van der Waals surface area contributed by atoms with Crippen molar-refractivity contribution in [3.63, 3.8) is 0 Å². The van der Waals surface area contributed by atoms with E-state index in [1.54, 1.807) is 0 Å². The van der Waals surface area contributed by atoms with Crippen molar-refractivity contribution in [2.45, 2.75) is 71.4 Å². The monoisotopic (exact) mass is 329 g/mol. The van der Waals surface area contributed by atoms with Gasteiger partial charge < -0.3 is 10.8 Å². The molecule has 0 saturated heterocycles. The SMILES string of the molecule is CC(C)[C@@H](/C=C/c1ccccc1)CC1([C@H](O)[C@H](C)N)CCCCC1. The summed E-state index contributed by atoms with van der Waals surface area (Å²) in [5, 5.41) is 10.9. The number of aliphatic hydroxyl groups is 1. The van der Waals surface area contributed by atoms with Crippen LogP contribution in [0.25, 0.3) is 6.08 Å². The van der Waals surface area contributed by atoms with Crippen LogP contribution < -0.4 is 5.73 Å². The highest BCUT2D eigenvalue weighted by Crippen LogP contribution is 2.46. The average Bonchev–Trinajstić information content (AvgIpc) is 2.59. The lowest BCUT2D eigenvalue weighted by atomic mass is 9.63. The lowest BCUT2D eigenvalue weighted by Gasteiger charge is -2.45. The zero-order chi connectivity index (χ0) is 17.6. The molecule has 2 nitrogen and oxygen atoms in total. The summed E-state index contributed by atoms with van der Waals surface area (Å²) in [5.41, 5.74) is 7.33. The molecular formula is C22H35NO. The molecule has 3 atom stereocenters. The number of allylic oxidation sites excluding steroid dienone is 1. The number of hydrogen-bond donors (Lipinski definition) is 2. The van der Waals surface area contributed by atoms with E-state index in [1.807, 2.05) is 13.0 Å². The fraction of sp³-hybridized carbons (Fsp3) is 0.636. The molecule has 0 aromatic heterocycles. The molecule has 0 bridgehead atoms. The van der Waals surface area contributed by atoms with E-state index in [4.69, 9.17) is 5.73 Å². The third-order valence-corrected chi connectivity index (χ3v) is 5.81. The molecule has 1 aliphatic rings. The van der Waals surface area contributed by atoms with Crippen LogP contribution in [0, 0.1) is 17.3 Å². The number of hydrogen-bond acceptors (Lipinski definition) is 2. The van der Waals surface area contributed by atoms with Crippen molar-refractivity contribution in [3.05, 3.63) is 42.0 Å². The molecule has 1 aromatic carbocycles. The van der Waals surface area contributed by atoms with Gasteiger partial charge in [-0.25, -0.2) is 0 Å². The number of benzene rings is 1. The summed E-state index contributed by atoms with van der Waals surface area (Å²) in [6.45, 7) is 6.52. The molecule has 2 rings (SSSR count). The minimum Gasteiger partial charge on any atom is -0.391 e. The zero-order valence-electron chi connectivity index (χ0n) is 15.6. The van der Waals surface area contributed by atoms with Crippen LogP contribution in [0.15, 0.2) is 36.4 Å². The van der Waals surface area contributed by atoms with Crippen molar-refractivity contribution in [1.82, 2.24) is 0 Å². The Morgan fingerprint density at radius 3 is 2.25 bits per heavy atom. The lowest BCUT2D eigenvalue weighted by Crippen LogP contribution is -2.48. The quantitative estimate of drug-likeness (QED) is 0.737. The third-order valence-electron chi connectivity index (χ3n) is 5.81. The minimum absolute atomic E-state index is 0.0115. The maximum atomic E-state index is 10.9. The highest BCUT2D eigenvalue weighted by Gasteiger charge is 2.42. The van der Waals surface area contributed by atoms with Gasteiger partial charge in [-0.2, -0.15) is 0 Å². The molecular weight excluding hydrogens is 294 g/mol. The van der Waals surface area contributed by atoms with Gasteiger partial charge in [0.05, 0.1) is 6.10 Å². The van der Waals surface area contributed by atoms with Gasteiger partial charge in [-0.15, -0.1) is 0 Å². The van der Waals surface area contributed by atoms with Gasteiger partial charge in [0.25, 0.3) is 0 Å². The molecule has 0 radical (unpaired) electrons. The van der Waals surface area contributed by atoms with E-state index in [9.17, 15) is 5.11 Å². The van der Waals surface area contributed by atoms with Crippen molar-refractivity contribution in [2.75, 3.05) is 0 Å². The Labute approximate surface area is 148 Å². The maximum Gasteiger partial charge on any atom is 0.0744 e. The predicted molar refractivity (Wildman–Crippen MR) is 104 cm³/mol. The second kappa shape index (κ2) is 8.82. The van der Waals surface area contributed by atoms with E-state index in [0.29, 0.717) is 11.8 Å². The third kappa shape index (κ3) is 4.94. The van der Waals surface area contributed by atoms with Crippen LogP contribution >= 0.6 is 0 Å². The first kappa shape index (κ1) is 19.2. The van der Waals surface area contributed by atoms with Gasteiger partial charge in [-0.05, 0) is 49.0 Å². The van der Waals surface area contributed by atoms with Crippen molar-refractivity contribution >= 4 is 6.08 Å². The van der Waals surface area contributed by atoms with Crippen LogP contribution in [-0.4, -0.2) is 17.3 Å². The first-order chi connectivity index (χ1) is 11.4. The van der Waals surface area contributed by atoms with E-state index in [2.05, 4.69) is 50.3 Å². The van der Waals surface area contributed by atoms with Gasteiger partial charge in [0.2, 0.25) is 0 Å². The normalized spacial score (nSPS) is 21.8. The molecule has 24 heavy (non-hydrogen) atoms. The fourth-order valence-corrected chi connectivity index (χ4v) is 4.23. The Kier molecular flexibility index (Phi) is 7.06. The van der Waals surface area contributed by atoms with Crippen molar-refractivity contribution < 1.29 is 5.11 Å². The van der Waals surface area contributed by atoms with Gasteiger partial charge in [0.1, 0.15) is 0 Å². The summed E-state index contributed by atoms with van der Waals surface area (Å²) in [7, 11) is 0. The Morgan fingerprint density at radius 2 is 1.71 bits per heavy atom. The van der Waals surface area contributed by atoms with Gasteiger partial charge in [-0.3, -0.25) is 0 Å². The molecule has 0 spiro atoms. The van der Waals surface area contributed by atoms with E-state index >= 15 is 0 Å². The molecule has 3 N–H and O–H groups in total. The summed E-state index contributed by atoms with van der Waals surface area (Å²) in [6.07, 6.45) is 11.2. The Hall–Kier alpha value is -1.12. The molecule has 1 saturated carbocycles. The predicted octanol–water partition coefficient (Wildman–Crippen LogP) is 5.02. The largest absolute Gasteiger partial charge is 0.391 e. The second-order valence-corrected chi connectivity index (χ2v) is 8.11. The molecule has 1 aromatic rings. The highest BCUT2D eigenvalue weighted by molar-refractivity contribution is 5.49. The summed E-state index contributed by atoms with van der Waals surface area (Å²) in [5.74, 6) is 1.03. The maximum absolute atomic E-state index is 10.9. The highest BCUT2D eigenvalue weighted by atomic mass is 16.3. The Balaban J connectivity index is 2.18. The van der Waals surface area contributed by atoms with E-state index in [1.165, 1.54) is 24.8 Å². The fourth-order valence-electron chi connectivity index (χ4n) is 4.23. The van der Waals surface area contributed by atoms with Gasteiger partial charge in [0, 0.05) is 6.04 Å². The number of aliphatic hydroxyl groups excluding tert-OH is 1. The summed E-state index contributed by atoms with van der Waals surface area (Å²) < 4.78 is 0. The summed E-state index contributed by atoms with van der Waals surface area (Å²) in [6, 6.07) is 10.3. The van der Waals surface area contributed by atoms with Crippen molar-refractivity contribution in [3.8, 4) is 0 Å². The van der Waals surface area contributed by atoms with Crippen LogP contribution in [0.1, 0.15) is 64.9 Å². The molecule has 134 valence electrons. The molecule has 2 heteroatoms. The number of rotatable bonds is 7. The van der Waals surface area contributed by atoms with Gasteiger partial charge in [-0.1, -0.05) is 75.6 Å². The van der Waals surface area contributed by atoms with E-state index in [-0.39, 0.29) is 11.5 Å². The smallest absolute Gasteiger partial charge is 0.0744 e. The van der Waals surface area contributed by atoms with Gasteiger partial charge >= 0.3 is 0 Å². The van der Waals surface area contributed by atoms with Crippen molar-refractivity contribution in [1.29, 1.82) is 0 Å². The molecule has 0 unspecified atom stereocenters. The van der Waals surface area contributed by atoms with Crippen molar-refractivity contribution in [2.24, 2.45) is 23.0 Å². The molecule has 0 aliphatic heterocycles. The first-order valence-electron chi connectivity index (χ1n) is 9.61. The average molecular weight is 330 g/mol. The molecule has 1 aliphatic carbocycles. The summed E-state index contributed by atoms with van der Waals surface area (Å²) in [4.78, 5) is 0. The van der Waals surface area contributed by atoms with Crippen LogP contribution in [0.5, 0.6) is 0 Å².